The molecule has 1 saturated heterocycles. The fourth-order valence-corrected chi connectivity index (χ4v) is 3.58. The summed E-state index contributed by atoms with van der Waals surface area (Å²) in [5.41, 5.74) is -0.384. The number of nitrogens with zero attached hydrogens (tertiary/aromatic N) is 5. The molecule has 0 radical (unpaired) electrons. The van der Waals surface area contributed by atoms with Crippen molar-refractivity contribution in [2.24, 2.45) is 0 Å². The van der Waals surface area contributed by atoms with Gasteiger partial charge in [0.05, 0.1) is 0 Å². The second kappa shape index (κ2) is 8.37. The van der Waals surface area contributed by atoms with Crippen LogP contribution in [0.2, 0.25) is 0 Å². The van der Waals surface area contributed by atoms with E-state index in [2.05, 4.69) is 25.3 Å². The summed E-state index contributed by atoms with van der Waals surface area (Å²) in [6.07, 6.45) is -0.0770. The van der Waals surface area contributed by atoms with E-state index in [1.54, 1.807) is 6.07 Å². The molecule has 4 rings (SSSR count). The predicted octanol–water partition coefficient (Wildman–Crippen LogP) is 3.67. The van der Waals surface area contributed by atoms with Crippen molar-refractivity contribution in [3.05, 3.63) is 24.0 Å². The molecule has 164 valence electrons. The maximum absolute atomic E-state index is 13.4. The number of rotatable bonds is 7. The Bertz CT molecular complexity index is 866. The van der Waals surface area contributed by atoms with Gasteiger partial charge < -0.3 is 10.1 Å². The first kappa shape index (κ1) is 20.8. The summed E-state index contributed by atoms with van der Waals surface area (Å²) >= 11 is 0. The highest BCUT2D eigenvalue weighted by molar-refractivity contribution is 5.42. The standard InChI is InChI=1S/C19H24F4N6O/c1-28-8-4-13(28)11-30-16-10-15(24-12-2-6-19(22,23)7-3-12)25-18(26-16)29-9-5-14(27-29)17(20)21/h5,9-10,12-13,17H,2-4,6-8,11H2,1H3,(H,24,25,26). The zero-order valence-electron chi connectivity index (χ0n) is 16.6. The van der Waals surface area contributed by atoms with E-state index < -0.39 is 12.3 Å². The van der Waals surface area contributed by atoms with E-state index in [4.69, 9.17) is 4.74 Å². The molecule has 0 aromatic carbocycles. The molecular formula is C19H24F4N6O. The van der Waals surface area contributed by atoms with Crippen LogP contribution in [0.15, 0.2) is 18.3 Å². The molecule has 2 fully saturated rings. The van der Waals surface area contributed by atoms with Crippen LogP contribution in [0.5, 0.6) is 5.88 Å². The summed E-state index contributed by atoms with van der Waals surface area (Å²) in [6, 6.07) is 2.93. The molecule has 1 aliphatic carbocycles. The summed E-state index contributed by atoms with van der Waals surface area (Å²) in [7, 11) is 2.00. The van der Waals surface area contributed by atoms with Crippen LogP contribution in [0.4, 0.5) is 23.4 Å². The molecule has 30 heavy (non-hydrogen) atoms. The smallest absolute Gasteiger partial charge is 0.282 e. The summed E-state index contributed by atoms with van der Waals surface area (Å²) < 4.78 is 59.6. The van der Waals surface area contributed by atoms with Gasteiger partial charge in [-0.25, -0.2) is 22.2 Å². The monoisotopic (exact) mass is 428 g/mol. The lowest BCUT2D eigenvalue weighted by Gasteiger charge is -2.37. The first-order valence-corrected chi connectivity index (χ1v) is 10.00. The van der Waals surface area contributed by atoms with Gasteiger partial charge in [-0.1, -0.05) is 0 Å². The molecule has 0 spiro atoms. The number of alkyl halides is 4. The van der Waals surface area contributed by atoms with Crippen LogP contribution < -0.4 is 10.1 Å². The fourth-order valence-electron chi connectivity index (χ4n) is 3.58. The molecule has 11 heteroatoms. The average Bonchev–Trinajstić information content (AvgIpc) is 3.19. The highest BCUT2D eigenvalue weighted by Crippen LogP contribution is 2.34. The van der Waals surface area contributed by atoms with Crippen molar-refractivity contribution in [3.63, 3.8) is 0 Å². The lowest BCUT2D eigenvalue weighted by atomic mass is 9.92. The molecule has 0 amide bonds. The van der Waals surface area contributed by atoms with E-state index in [1.165, 1.54) is 12.3 Å². The van der Waals surface area contributed by atoms with E-state index >= 15 is 0 Å². The van der Waals surface area contributed by atoms with Crippen molar-refractivity contribution < 1.29 is 22.3 Å². The lowest BCUT2D eigenvalue weighted by Crippen LogP contribution is -2.48. The Kier molecular flexibility index (Phi) is 5.81. The van der Waals surface area contributed by atoms with Gasteiger partial charge in [-0.05, 0) is 38.9 Å². The van der Waals surface area contributed by atoms with Crippen molar-refractivity contribution in [1.82, 2.24) is 24.6 Å². The number of anilines is 1. The van der Waals surface area contributed by atoms with Crippen LogP contribution in [0.25, 0.3) is 5.95 Å². The van der Waals surface area contributed by atoms with Gasteiger partial charge in [-0.15, -0.1) is 0 Å². The summed E-state index contributed by atoms with van der Waals surface area (Å²) in [5, 5.41) is 6.97. The second-order valence-corrected chi connectivity index (χ2v) is 7.89. The highest BCUT2D eigenvalue weighted by Gasteiger charge is 2.35. The van der Waals surface area contributed by atoms with Gasteiger partial charge in [0.15, 0.2) is 0 Å². The average molecular weight is 428 g/mol. The molecule has 3 heterocycles. The zero-order valence-corrected chi connectivity index (χ0v) is 16.6. The second-order valence-electron chi connectivity index (χ2n) is 7.89. The molecule has 7 nitrogen and oxygen atoms in total. The largest absolute Gasteiger partial charge is 0.476 e. The molecule has 1 saturated carbocycles. The molecule has 1 unspecified atom stereocenters. The quantitative estimate of drug-likeness (QED) is 0.679. The van der Waals surface area contributed by atoms with E-state index in [9.17, 15) is 17.6 Å². The van der Waals surface area contributed by atoms with Crippen LogP contribution in [-0.4, -0.2) is 62.9 Å². The first-order chi connectivity index (χ1) is 14.3. The van der Waals surface area contributed by atoms with Gasteiger partial charge in [-0.2, -0.15) is 15.1 Å². The van der Waals surface area contributed by atoms with Gasteiger partial charge in [0.25, 0.3) is 12.4 Å². The Morgan fingerprint density at radius 3 is 2.60 bits per heavy atom. The van der Waals surface area contributed by atoms with Crippen LogP contribution in [0.1, 0.15) is 44.2 Å². The molecule has 2 aromatic heterocycles. The molecule has 1 aliphatic heterocycles. The van der Waals surface area contributed by atoms with Crippen molar-refractivity contribution in [2.75, 3.05) is 25.5 Å². The van der Waals surface area contributed by atoms with Crippen molar-refractivity contribution in [2.45, 2.75) is 56.5 Å². The third-order valence-corrected chi connectivity index (χ3v) is 5.66. The number of nitrogens with one attached hydrogen (secondary N) is 1. The van der Waals surface area contributed by atoms with Crippen molar-refractivity contribution in [3.8, 4) is 11.8 Å². The van der Waals surface area contributed by atoms with Gasteiger partial charge in [0.1, 0.15) is 18.1 Å². The molecule has 0 bridgehead atoms. The van der Waals surface area contributed by atoms with E-state index in [0.29, 0.717) is 25.3 Å². The van der Waals surface area contributed by atoms with Gasteiger partial charge in [0, 0.05) is 37.2 Å². The summed E-state index contributed by atoms with van der Waals surface area (Å²) in [6.45, 7) is 1.44. The number of likely N-dealkylation sites (N-methyl/N-ethyl adjacent to an activating group) is 1. The van der Waals surface area contributed by atoms with Crippen LogP contribution >= 0.6 is 0 Å². The fraction of sp³-hybridized carbons (Fsp3) is 0.632. The minimum absolute atomic E-state index is 0.0741. The van der Waals surface area contributed by atoms with Crippen LogP contribution in [0.3, 0.4) is 0 Å². The molecular weight excluding hydrogens is 404 g/mol. The van der Waals surface area contributed by atoms with Gasteiger partial charge in [-0.3, -0.25) is 4.90 Å². The van der Waals surface area contributed by atoms with Crippen molar-refractivity contribution in [1.29, 1.82) is 0 Å². The Morgan fingerprint density at radius 2 is 2.00 bits per heavy atom. The van der Waals surface area contributed by atoms with E-state index in [0.717, 1.165) is 17.6 Å². The number of hydrogen-bond acceptors (Lipinski definition) is 6. The van der Waals surface area contributed by atoms with Crippen molar-refractivity contribution >= 4 is 5.82 Å². The predicted molar refractivity (Wildman–Crippen MR) is 101 cm³/mol. The number of hydrogen-bond donors (Lipinski definition) is 1. The Morgan fingerprint density at radius 1 is 1.23 bits per heavy atom. The number of aromatic nitrogens is 4. The normalized spacial score (nSPS) is 22.1. The third kappa shape index (κ3) is 4.82. The van der Waals surface area contributed by atoms with Crippen LogP contribution in [-0.2, 0) is 0 Å². The number of likely N-dealkylation sites (tertiary alicyclic amines) is 1. The topological polar surface area (TPSA) is 68.1 Å². The third-order valence-electron chi connectivity index (χ3n) is 5.66. The number of halogens is 4. The number of ether oxygens (including phenoxy) is 1. The molecule has 2 aromatic rings. The van der Waals surface area contributed by atoms with Gasteiger partial charge >= 0.3 is 0 Å². The summed E-state index contributed by atoms with van der Waals surface area (Å²) in [5.74, 6) is -1.89. The maximum atomic E-state index is 13.4. The lowest BCUT2D eigenvalue weighted by molar-refractivity contribution is -0.0361. The minimum Gasteiger partial charge on any atom is -0.476 e. The molecule has 1 N–H and O–H groups in total. The highest BCUT2D eigenvalue weighted by atomic mass is 19.3. The molecule has 1 atom stereocenters. The first-order valence-electron chi connectivity index (χ1n) is 10.00. The summed E-state index contributed by atoms with van der Waals surface area (Å²) in [4.78, 5) is 10.8. The zero-order chi connectivity index (χ0) is 21.3. The Balaban J connectivity index is 1.53. The van der Waals surface area contributed by atoms with E-state index in [1.807, 2.05) is 7.05 Å². The maximum Gasteiger partial charge on any atom is 0.282 e. The molecule has 2 aliphatic rings. The minimum atomic E-state index is -2.71. The van der Waals surface area contributed by atoms with Gasteiger partial charge in [0.2, 0.25) is 11.8 Å². The van der Waals surface area contributed by atoms with Crippen LogP contribution in [0, 0.1) is 0 Å². The SMILES string of the molecule is CN1CCC1COc1cc(NC2CCC(F)(F)CC2)nc(-n2ccc(C(F)F)n2)n1. The Hall–Kier alpha value is -2.43. The van der Waals surface area contributed by atoms with E-state index in [-0.39, 0.29) is 42.4 Å². The Labute approximate surface area is 171 Å².